The summed E-state index contributed by atoms with van der Waals surface area (Å²) in [4.78, 5) is 4.70. The molecule has 21 aromatic rings. The van der Waals surface area contributed by atoms with Crippen LogP contribution in [0.4, 0.5) is 34.1 Å². The Hall–Kier alpha value is -13.9. The molecule has 2 aliphatic rings. The number of nitrogens with zero attached hydrogens (tertiary/aromatic N) is 2. The fourth-order valence-electron chi connectivity index (χ4n) is 18.8. The smallest absolute Gasteiger partial charge is 0.137 e. The third-order valence-electron chi connectivity index (χ3n) is 23.7. The molecule has 0 aliphatic heterocycles. The van der Waals surface area contributed by atoms with E-state index in [1.54, 1.807) is 0 Å². The van der Waals surface area contributed by atoms with Crippen molar-refractivity contribution in [3.63, 3.8) is 0 Å². The summed E-state index contributed by atoms with van der Waals surface area (Å²) in [5.74, 6) is 0. The van der Waals surface area contributed by atoms with Gasteiger partial charge in [0.2, 0.25) is 0 Å². The number of fused-ring (bicyclic) bond motifs is 17. The van der Waals surface area contributed by atoms with Gasteiger partial charge in [-0.3, -0.25) is 0 Å². The zero-order valence-corrected chi connectivity index (χ0v) is 63.2. The van der Waals surface area contributed by atoms with E-state index in [4.69, 9.17) is 4.42 Å². The fraction of sp³-hybridized carbons (Fsp3) is 0.0185. The Morgan fingerprint density at radius 2 is 0.673 bits per heavy atom. The number of thiophene rings is 2. The summed E-state index contributed by atoms with van der Waals surface area (Å²) in [7, 11) is 0. The minimum absolute atomic E-state index is 0.449. The van der Waals surface area contributed by atoms with E-state index in [1.807, 2.05) is 34.8 Å². The molecule has 0 spiro atoms. The molecule has 530 valence electrons. The van der Waals surface area contributed by atoms with Gasteiger partial charge in [0.1, 0.15) is 11.2 Å². The topological polar surface area (TPSA) is 19.6 Å². The second kappa shape index (κ2) is 27.0. The van der Waals surface area contributed by atoms with Gasteiger partial charge in [0.15, 0.2) is 0 Å². The highest BCUT2D eigenvalue weighted by atomic mass is 32.1. The maximum Gasteiger partial charge on any atom is 0.137 e. The maximum absolute atomic E-state index is 6.36. The lowest BCUT2D eigenvalue weighted by Gasteiger charge is -2.34. The fourth-order valence-corrected chi connectivity index (χ4v) is 21.4. The van der Waals surface area contributed by atoms with Gasteiger partial charge < -0.3 is 14.2 Å². The van der Waals surface area contributed by atoms with Gasteiger partial charge in [0, 0.05) is 91.3 Å². The quantitative estimate of drug-likeness (QED) is 0.122. The minimum Gasteiger partial charge on any atom is -0.456 e. The molecular formula is C108H70N2OS2. The average Bonchev–Trinajstić information content (AvgIpc) is 1.52. The van der Waals surface area contributed by atoms with Crippen LogP contribution in [0.1, 0.15) is 44.5 Å². The van der Waals surface area contributed by atoms with Crippen molar-refractivity contribution in [2.24, 2.45) is 0 Å². The summed E-state index contributed by atoms with van der Waals surface area (Å²) in [5.41, 5.74) is 28.1. The van der Waals surface area contributed by atoms with E-state index >= 15 is 0 Å². The molecule has 3 heterocycles. The zero-order chi connectivity index (χ0) is 74.6. The molecule has 18 aromatic carbocycles. The Morgan fingerprint density at radius 3 is 1.38 bits per heavy atom. The molecule has 0 N–H and O–H groups in total. The SMILES string of the molecule is c1ccc(-c2ccc(N(c3ccccc3)c3cccc(-c4cccc5c4sc4ccc(C6(c7ccccc7)c7ccccc7-c7c6ccc6ccccc76)cc45)c3)cc2)cc1.c1ccc(N(c2ccc3c(c2)oc2ccccc23)c2ccc3c(c2)sc2c(C4(c5ccccc5)c5ccccc5-c5ccccc54)cccc23)cc1. The molecule has 0 saturated carbocycles. The second-order valence-electron chi connectivity index (χ2n) is 29.6. The highest BCUT2D eigenvalue weighted by molar-refractivity contribution is 7.26. The number of hydrogen-bond donors (Lipinski definition) is 0. The van der Waals surface area contributed by atoms with E-state index in [0.717, 1.165) is 56.1 Å². The Bertz CT molecular complexity index is 7200. The first-order valence-electron chi connectivity index (χ1n) is 38.8. The van der Waals surface area contributed by atoms with Gasteiger partial charge in [0.05, 0.1) is 10.8 Å². The molecule has 23 rings (SSSR count). The van der Waals surface area contributed by atoms with Gasteiger partial charge in [-0.05, 0) is 191 Å². The van der Waals surface area contributed by atoms with Crippen molar-refractivity contribution < 1.29 is 4.42 Å². The van der Waals surface area contributed by atoms with Crippen molar-refractivity contribution in [1.29, 1.82) is 0 Å². The summed E-state index contributed by atoms with van der Waals surface area (Å²) < 4.78 is 11.5. The predicted molar refractivity (Wildman–Crippen MR) is 478 cm³/mol. The molecule has 0 fully saturated rings. The third kappa shape index (κ3) is 10.5. The molecular weight excluding hydrogens is 1410 g/mol. The lowest BCUT2D eigenvalue weighted by molar-refractivity contribution is 0.669. The molecule has 3 aromatic heterocycles. The third-order valence-corrected chi connectivity index (χ3v) is 26.1. The zero-order valence-electron chi connectivity index (χ0n) is 61.5. The van der Waals surface area contributed by atoms with Crippen molar-refractivity contribution in [2.75, 3.05) is 9.80 Å². The van der Waals surface area contributed by atoms with E-state index < -0.39 is 10.8 Å². The standard InChI is InChI=1S/C59H39NS.C49H31NOS/c1-4-16-40(17-5-1)41-30-34-47(35-31-41)60(46-22-8-3-9-23-46)48-24-14-19-43(38-48)50-27-15-28-51-53-39-45(33-37-56(53)61-58(50)51)59(44-20-6-2-7-21-44)54-29-13-12-26-52(54)57-49-25-11-10-18-42(49)32-36-55(57)59;1-3-14-32(15-4-1)49(42-22-10-7-18-36(42)37-19-8-11-23-43(37)49)44-24-13-21-41-40-29-27-35(31-47(40)52-48(41)44)50(33-16-5-2-6-17-33)34-26-28-39-38-20-9-12-25-45(38)51-46(39)30-34/h1-39H;1-31H. The van der Waals surface area contributed by atoms with E-state index in [2.05, 4.69) is 422 Å². The lowest BCUT2D eigenvalue weighted by Crippen LogP contribution is -2.28. The molecule has 0 amide bonds. The maximum atomic E-state index is 6.36. The van der Waals surface area contributed by atoms with Crippen molar-refractivity contribution in [1.82, 2.24) is 0 Å². The van der Waals surface area contributed by atoms with Crippen LogP contribution in [-0.4, -0.2) is 0 Å². The van der Waals surface area contributed by atoms with E-state index in [1.165, 1.54) is 140 Å². The minimum atomic E-state index is -0.480. The van der Waals surface area contributed by atoms with Crippen LogP contribution in [-0.2, 0) is 10.8 Å². The van der Waals surface area contributed by atoms with Crippen LogP contribution in [0.25, 0.3) is 118 Å². The van der Waals surface area contributed by atoms with E-state index in [9.17, 15) is 0 Å². The molecule has 5 heteroatoms. The van der Waals surface area contributed by atoms with Crippen molar-refractivity contribution in [3.05, 3.63) is 469 Å². The molecule has 0 saturated heterocycles. The molecule has 0 radical (unpaired) electrons. The molecule has 1 atom stereocenters. The first-order valence-corrected chi connectivity index (χ1v) is 40.4. The molecule has 0 bridgehead atoms. The van der Waals surface area contributed by atoms with E-state index in [-0.39, 0.29) is 0 Å². The normalized spacial score (nSPS) is 13.8. The van der Waals surface area contributed by atoms with Crippen LogP contribution in [0.15, 0.2) is 429 Å². The van der Waals surface area contributed by atoms with Crippen molar-refractivity contribution >= 4 is 130 Å². The van der Waals surface area contributed by atoms with Gasteiger partial charge in [-0.15, -0.1) is 22.7 Å². The number of para-hydroxylation sites is 3. The number of hydrogen-bond acceptors (Lipinski definition) is 5. The molecule has 3 nitrogen and oxygen atoms in total. The van der Waals surface area contributed by atoms with Gasteiger partial charge >= 0.3 is 0 Å². The Balaban J connectivity index is 0.000000140. The van der Waals surface area contributed by atoms with Crippen LogP contribution in [0, 0.1) is 0 Å². The largest absolute Gasteiger partial charge is 0.456 e. The highest BCUT2D eigenvalue weighted by Gasteiger charge is 2.49. The van der Waals surface area contributed by atoms with Crippen LogP contribution in [0.5, 0.6) is 0 Å². The summed E-state index contributed by atoms with van der Waals surface area (Å²) in [6.45, 7) is 0. The summed E-state index contributed by atoms with van der Waals surface area (Å²) >= 11 is 3.80. The monoisotopic (exact) mass is 1470 g/mol. The molecule has 113 heavy (non-hydrogen) atoms. The van der Waals surface area contributed by atoms with Crippen molar-refractivity contribution in [2.45, 2.75) is 10.8 Å². The molecule has 2 aliphatic carbocycles. The first-order chi connectivity index (χ1) is 56.0. The summed E-state index contributed by atoms with van der Waals surface area (Å²) in [6.07, 6.45) is 0. The van der Waals surface area contributed by atoms with E-state index in [0.29, 0.717) is 0 Å². The number of anilines is 6. The summed E-state index contributed by atoms with van der Waals surface area (Å²) in [6, 6.07) is 156. The Morgan fingerprint density at radius 1 is 0.212 bits per heavy atom. The average molecular weight is 1480 g/mol. The Kier molecular flexibility index (Phi) is 15.8. The van der Waals surface area contributed by atoms with Crippen LogP contribution >= 0.6 is 22.7 Å². The highest BCUT2D eigenvalue weighted by Crippen LogP contribution is 2.61. The van der Waals surface area contributed by atoms with Gasteiger partial charge in [-0.1, -0.05) is 328 Å². The van der Waals surface area contributed by atoms with Crippen LogP contribution in [0.3, 0.4) is 0 Å². The second-order valence-corrected chi connectivity index (χ2v) is 31.7. The van der Waals surface area contributed by atoms with Gasteiger partial charge in [-0.2, -0.15) is 0 Å². The number of furan rings is 1. The number of benzene rings is 18. The first kappa shape index (κ1) is 66.1. The summed E-state index contributed by atoms with van der Waals surface area (Å²) in [5, 5.41) is 9.97. The Labute approximate surface area is 663 Å². The lowest BCUT2D eigenvalue weighted by atomic mass is 9.67. The van der Waals surface area contributed by atoms with Crippen molar-refractivity contribution in [3.8, 4) is 44.5 Å². The predicted octanol–water partition coefficient (Wildman–Crippen LogP) is 30.2. The van der Waals surface area contributed by atoms with Crippen LogP contribution in [0.2, 0.25) is 0 Å². The van der Waals surface area contributed by atoms with Gasteiger partial charge in [-0.25, -0.2) is 0 Å². The van der Waals surface area contributed by atoms with Crippen LogP contribution < -0.4 is 9.80 Å². The molecule has 1 unspecified atom stereocenters. The van der Waals surface area contributed by atoms with Gasteiger partial charge in [0.25, 0.3) is 0 Å². The number of rotatable bonds is 12.